The predicted molar refractivity (Wildman–Crippen MR) is 97.2 cm³/mol. The molecule has 1 N–H and O–H groups in total. The van der Waals surface area contributed by atoms with E-state index in [0.717, 1.165) is 0 Å². The normalized spacial score (nSPS) is 11.2. The standard InChI is InChI=1S/C20H24F2N2O2/c1-20(2,15-7-5-6-8-16(15)21)13-23-19(25)24(3)12-14-9-10-18(26-4)17(22)11-14/h5-11H,12-13H2,1-4H3,(H,23,25). The molecule has 0 bridgehead atoms. The van der Waals surface area contributed by atoms with E-state index in [-0.39, 0.29) is 30.7 Å². The summed E-state index contributed by atoms with van der Waals surface area (Å²) in [5.74, 6) is -0.610. The molecular weight excluding hydrogens is 338 g/mol. The quantitative estimate of drug-likeness (QED) is 0.841. The van der Waals surface area contributed by atoms with E-state index >= 15 is 0 Å². The fourth-order valence-electron chi connectivity index (χ4n) is 2.69. The Morgan fingerprint density at radius 1 is 1.15 bits per heavy atom. The minimum Gasteiger partial charge on any atom is -0.494 e. The van der Waals surface area contributed by atoms with Crippen molar-refractivity contribution in [3.63, 3.8) is 0 Å². The van der Waals surface area contributed by atoms with Gasteiger partial charge in [-0.15, -0.1) is 0 Å². The van der Waals surface area contributed by atoms with Gasteiger partial charge in [0.2, 0.25) is 0 Å². The Kier molecular flexibility index (Phi) is 6.18. The predicted octanol–water partition coefficient (Wildman–Crippen LogP) is 4.09. The lowest BCUT2D eigenvalue weighted by Crippen LogP contribution is -2.43. The average molecular weight is 362 g/mol. The van der Waals surface area contributed by atoms with Crippen LogP contribution in [0.15, 0.2) is 42.5 Å². The lowest BCUT2D eigenvalue weighted by atomic mass is 9.84. The molecule has 6 heteroatoms. The fourth-order valence-corrected chi connectivity index (χ4v) is 2.69. The van der Waals surface area contributed by atoms with E-state index in [1.165, 1.54) is 30.2 Å². The highest BCUT2D eigenvalue weighted by molar-refractivity contribution is 5.74. The van der Waals surface area contributed by atoms with Gasteiger partial charge in [-0.2, -0.15) is 0 Å². The van der Waals surface area contributed by atoms with Crippen LogP contribution in [0.5, 0.6) is 5.75 Å². The summed E-state index contributed by atoms with van der Waals surface area (Å²) in [6.45, 7) is 4.25. The van der Waals surface area contributed by atoms with Crippen molar-refractivity contribution in [2.45, 2.75) is 25.8 Å². The summed E-state index contributed by atoms with van der Waals surface area (Å²) in [6, 6.07) is 10.8. The number of amides is 2. The Labute approximate surface area is 152 Å². The summed E-state index contributed by atoms with van der Waals surface area (Å²) in [5.41, 5.74) is 0.628. The first-order chi connectivity index (χ1) is 12.2. The van der Waals surface area contributed by atoms with Crippen LogP contribution in [0.1, 0.15) is 25.0 Å². The summed E-state index contributed by atoms with van der Waals surface area (Å²) in [7, 11) is 3.02. The molecule has 2 aromatic carbocycles. The summed E-state index contributed by atoms with van der Waals surface area (Å²) < 4.78 is 32.6. The molecule has 0 aliphatic heterocycles. The fraction of sp³-hybridized carbons (Fsp3) is 0.350. The number of carbonyl (C=O) groups excluding carboxylic acids is 1. The number of benzene rings is 2. The van der Waals surface area contributed by atoms with Gasteiger partial charge in [0.1, 0.15) is 5.82 Å². The number of hydrogen-bond acceptors (Lipinski definition) is 2. The largest absolute Gasteiger partial charge is 0.494 e. The molecule has 140 valence electrons. The first kappa shape index (κ1) is 19.7. The SMILES string of the molecule is COc1ccc(CN(C)C(=O)NCC(C)(C)c2ccccc2F)cc1F. The zero-order valence-corrected chi connectivity index (χ0v) is 15.5. The van der Waals surface area contributed by atoms with Crippen LogP contribution in [0.3, 0.4) is 0 Å². The number of nitrogens with zero attached hydrogens (tertiary/aromatic N) is 1. The van der Waals surface area contributed by atoms with Gasteiger partial charge in [0, 0.05) is 25.6 Å². The zero-order chi connectivity index (χ0) is 19.3. The molecule has 26 heavy (non-hydrogen) atoms. The number of rotatable bonds is 6. The topological polar surface area (TPSA) is 41.6 Å². The molecule has 2 rings (SSSR count). The summed E-state index contributed by atoms with van der Waals surface area (Å²) in [4.78, 5) is 13.8. The van der Waals surface area contributed by atoms with Crippen molar-refractivity contribution in [1.82, 2.24) is 10.2 Å². The van der Waals surface area contributed by atoms with Crippen LogP contribution in [0.2, 0.25) is 0 Å². The maximum Gasteiger partial charge on any atom is 0.317 e. The molecule has 0 saturated carbocycles. The van der Waals surface area contributed by atoms with Gasteiger partial charge in [-0.3, -0.25) is 0 Å². The van der Waals surface area contributed by atoms with Gasteiger partial charge >= 0.3 is 6.03 Å². The number of nitrogens with one attached hydrogen (secondary N) is 1. The number of carbonyl (C=O) groups is 1. The zero-order valence-electron chi connectivity index (χ0n) is 15.5. The van der Waals surface area contributed by atoms with E-state index in [2.05, 4.69) is 5.32 Å². The van der Waals surface area contributed by atoms with Crippen molar-refractivity contribution < 1.29 is 18.3 Å². The van der Waals surface area contributed by atoms with Crippen molar-refractivity contribution in [3.05, 3.63) is 65.2 Å². The van der Waals surface area contributed by atoms with E-state index in [1.807, 2.05) is 13.8 Å². The van der Waals surface area contributed by atoms with E-state index < -0.39 is 11.2 Å². The van der Waals surface area contributed by atoms with Crippen molar-refractivity contribution in [3.8, 4) is 5.75 Å². The number of urea groups is 1. The van der Waals surface area contributed by atoms with Crippen LogP contribution in [-0.2, 0) is 12.0 Å². The Balaban J connectivity index is 1.96. The third kappa shape index (κ3) is 4.71. The highest BCUT2D eigenvalue weighted by atomic mass is 19.1. The van der Waals surface area contributed by atoms with Crippen LogP contribution in [0.25, 0.3) is 0 Å². The molecule has 0 unspecified atom stereocenters. The molecule has 0 aliphatic rings. The van der Waals surface area contributed by atoms with Gasteiger partial charge < -0.3 is 15.0 Å². The van der Waals surface area contributed by atoms with Gasteiger partial charge in [-0.05, 0) is 29.3 Å². The summed E-state index contributed by atoms with van der Waals surface area (Å²) in [6.07, 6.45) is 0. The lowest BCUT2D eigenvalue weighted by Gasteiger charge is -2.27. The Morgan fingerprint density at radius 3 is 2.46 bits per heavy atom. The number of ether oxygens (including phenoxy) is 1. The van der Waals surface area contributed by atoms with Crippen molar-refractivity contribution >= 4 is 6.03 Å². The molecular formula is C20H24F2N2O2. The van der Waals surface area contributed by atoms with E-state index in [0.29, 0.717) is 11.1 Å². The molecule has 2 aromatic rings. The number of hydrogen-bond donors (Lipinski definition) is 1. The molecule has 0 radical (unpaired) electrons. The number of halogens is 2. The van der Waals surface area contributed by atoms with Crippen molar-refractivity contribution in [2.75, 3.05) is 20.7 Å². The van der Waals surface area contributed by atoms with Gasteiger partial charge in [0.15, 0.2) is 11.6 Å². The highest BCUT2D eigenvalue weighted by Crippen LogP contribution is 2.25. The second-order valence-electron chi connectivity index (χ2n) is 6.85. The average Bonchev–Trinajstić information content (AvgIpc) is 2.60. The molecule has 4 nitrogen and oxygen atoms in total. The van der Waals surface area contributed by atoms with Crippen molar-refractivity contribution in [2.24, 2.45) is 0 Å². The van der Waals surface area contributed by atoms with Crippen LogP contribution in [-0.4, -0.2) is 31.6 Å². The third-order valence-corrected chi connectivity index (χ3v) is 4.27. The molecule has 0 saturated heterocycles. The maximum atomic E-state index is 14.0. The van der Waals surface area contributed by atoms with E-state index in [4.69, 9.17) is 4.74 Å². The second-order valence-corrected chi connectivity index (χ2v) is 6.85. The molecule has 0 fully saturated rings. The Morgan fingerprint density at radius 2 is 1.85 bits per heavy atom. The minimum absolute atomic E-state index is 0.160. The van der Waals surface area contributed by atoms with E-state index in [9.17, 15) is 13.6 Å². The van der Waals surface area contributed by atoms with Crippen LogP contribution in [0, 0.1) is 11.6 Å². The Bertz CT molecular complexity index is 778. The molecule has 0 heterocycles. The van der Waals surface area contributed by atoms with Gasteiger partial charge in [0.05, 0.1) is 7.11 Å². The maximum absolute atomic E-state index is 14.0. The molecule has 2 amide bonds. The third-order valence-electron chi connectivity index (χ3n) is 4.27. The van der Waals surface area contributed by atoms with Gasteiger partial charge in [-0.1, -0.05) is 38.1 Å². The van der Waals surface area contributed by atoms with Crippen LogP contribution in [0.4, 0.5) is 13.6 Å². The van der Waals surface area contributed by atoms with E-state index in [1.54, 1.807) is 31.3 Å². The highest BCUT2D eigenvalue weighted by Gasteiger charge is 2.25. The monoisotopic (exact) mass is 362 g/mol. The second kappa shape index (κ2) is 8.17. The molecule has 0 atom stereocenters. The smallest absolute Gasteiger partial charge is 0.317 e. The van der Waals surface area contributed by atoms with Gasteiger partial charge in [0.25, 0.3) is 0 Å². The summed E-state index contributed by atoms with van der Waals surface area (Å²) >= 11 is 0. The number of methoxy groups -OCH3 is 1. The first-order valence-corrected chi connectivity index (χ1v) is 8.31. The molecule has 0 aromatic heterocycles. The first-order valence-electron chi connectivity index (χ1n) is 8.31. The van der Waals surface area contributed by atoms with Crippen LogP contribution >= 0.6 is 0 Å². The lowest BCUT2D eigenvalue weighted by molar-refractivity contribution is 0.204. The Hall–Kier alpha value is -2.63. The summed E-state index contributed by atoms with van der Waals surface area (Å²) in [5, 5.41) is 2.81. The minimum atomic E-state index is -0.561. The molecule has 0 aliphatic carbocycles. The van der Waals surface area contributed by atoms with Gasteiger partial charge in [-0.25, -0.2) is 13.6 Å². The van der Waals surface area contributed by atoms with Crippen LogP contribution < -0.4 is 10.1 Å². The van der Waals surface area contributed by atoms with Crippen molar-refractivity contribution in [1.29, 1.82) is 0 Å². The molecule has 0 spiro atoms.